The van der Waals surface area contributed by atoms with Crippen molar-refractivity contribution >= 4 is 5.91 Å². The van der Waals surface area contributed by atoms with E-state index in [1.165, 1.54) is 0 Å². The van der Waals surface area contributed by atoms with Gasteiger partial charge in [-0.3, -0.25) is 9.78 Å². The van der Waals surface area contributed by atoms with Crippen molar-refractivity contribution in [1.82, 2.24) is 10.3 Å². The molecule has 1 aromatic carbocycles. The molecule has 0 atom stereocenters. The van der Waals surface area contributed by atoms with Crippen LogP contribution in [0, 0.1) is 0 Å². The van der Waals surface area contributed by atoms with Crippen molar-refractivity contribution < 1.29 is 9.53 Å². The molecule has 0 unspecified atom stereocenters. The van der Waals surface area contributed by atoms with Crippen LogP contribution in [0.15, 0.2) is 48.7 Å². The molecule has 0 fully saturated rings. The van der Waals surface area contributed by atoms with E-state index in [2.05, 4.69) is 10.3 Å². The minimum atomic E-state index is -0.381. The van der Waals surface area contributed by atoms with Gasteiger partial charge in [-0.25, -0.2) is 0 Å². The Morgan fingerprint density at radius 1 is 1.17 bits per heavy atom. The average Bonchev–Trinajstić information content (AvgIpc) is 2.60. The molecule has 0 bridgehead atoms. The number of hydrogen-bond acceptors (Lipinski definition) is 4. The van der Waals surface area contributed by atoms with Gasteiger partial charge < -0.3 is 15.8 Å². The molecule has 0 aliphatic heterocycles. The first kappa shape index (κ1) is 17.0. The number of nitrogens with one attached hydrogen (secondary N) is 1. The van der Waals surface area contributed by atoms with Crippen molar-refractivity contribution in [3.05, 3.63) is 54.4 Å². The van der Waals surface area contributed by atoms with Gasteiger partial charge in [-0.05, 0) is 31.0 Å². The van der Waals surface area contributed by atoms with Gasteiger partial charge in [0.05, 0.1) is 0 Å². The van der Waals surface area contributed by atoms with Crippen LogP contribution < -0.4 is 15.8 Å². The Morgan fingerprint density at radius 3 is 2.52 bits per heavy atom. The lowest BCUT2D eigenvalue weighted by atomic mass is 9.94. The summed E-state index contributed by atoms with van der Waals surface area (Å²) in [6, 6.07) is 12.7. The highest BCUT2D eigenvalue weighted by atomic mass is 16.5. The monoisotopic (exact) mass is 313 g/mol. The molecular weight excluding hydrogens is 290 g/mol. The molecule has 5 nitrogen and oxygen atoms in total. The van der Waals surface area contributed by atoms with Crippen LogP contribution in [0.25, 0.3) is 0 Å². The summed E-state index contributed by atoms with van der Waals surface area (Å²) in [7, 11) is 0. The van der Waals surface area contributed by atoms with Gasteiger partial charge in [0.1, 0.15) is 17.2 Å². The fraction of sp³-hybridized carbons (Fsp3) is 0.333. The molecule has 0 aliphatic carbocycles. The molecule has 1 amide bonds. The zero-order chi connectivity index (χ0) is 16.7. The molecule has 0 saturated heterocycles. The van der Waals surface area contributed by atoms with Crippen molar-refractivity contribution in [3.8, 4) is 11.5 Å². The Balaban J connectivity index is 2.03. The van der Waals surface area contributed by atoms with E-state index in [9.17, 15) is 4.79 Å². The van der Waals surface area contributed by atoms with Crippen molar-refractivity contribution in [2.45, 2.75) is 32.2 Å². The molecule has 1 heterocycles. The highest BCUT2D eigenvalue weighted by molar-refractivity contribution is 5.92. The molecule has 122 valence electrons. The normalized spacial score (nSPS) is 11.1. The molecule has 3 N–H and O–H groups in total. The maximum Gasteiger partial charge on any atom is 0.270 e. The Hall–Kier alpha value is -2.40. The third kappa shape index (κ3) is 4.79. The molecule has 23 heavy (non-hydrogen) atoms. The lowest BCUT2D eigenvalue weighted by Crippen LogP contribution is -2.49. The maximum atomic E-state index is 12.2. The van der Waals surface area contributed by atoms with Crippen LogP contribution in [0.2, 0.25) is 0 Å². The summed E-state index contributed by atoms with van der Waals surface area (Å²) in [5.41, 5.74) is 6.13. The fourth-order valence-corrected chi connectivity index (χ4v) is 2.07. The van der Waals surface area contributed by atoms with Crippen molar-refractivity contribution in [3.63, 3.8) is 0 Å². The van der Waals surface area contributed by atoms with Crippen molar-refractivity contribution in [1.29, 1.82) is 0 Å². The van der Waals surface area contributed by atoms with E-state index >= 15 is 0 Å². The minimum absolute atomic E-state index is 0.250. The summed E-state index contributed by atoms with van der Waals surface area (Å²) in [5, 5.41) is 2.85. The first-order valence-corrected chi connectivity index (χ1v) is 7.82. The van der Waals surface area contributed by atoms with Crippen LogP contribution in [-0.2, 0) is 0 Å². The van der Waals surface area contributed by atoms with Gasteiger partial charge in [0.15, 0.2) is 0 Å². The number of carbonyl (C=O) groups excluding carboxylic acids is 1. The third-order valence-corrected chi connectivity index (χ3v) is 3.95. The molecule has 2 aromatic rings. The van der Waals surface area contributed by atoms with E-state index < -0.39 is 0 Å². The number of nitrogens with two attached hydrogens (primary N) is 1. The molecule has 1 aromatic heterocycles. The van der Waals surface area contributed by atoms with Crippen LogP contribution in [0.4, 0.5) is 0 Å². The quantitative estimate of drug-likeness (QED) is 0.823. The number of rotatable bonds is 7. The van der Waals surface area contributed by atoms with Gasteiger partial charge in [-0.15, -0.1) is 0 Å². The number of aromatic nitrogens is 1. The maximum absolute atomic E-state index is 12.2. The molecule has 0 saturated carbocycles. The number of carbonyl (C=O) groups is 1. The number of para-hydroxylation sites is 1. The number of benzene rings is 1. The van der Waals surface area contributed by atoms with Crippen LogP contribution in [-0.4, -0.2) is 23.0 Å². The highest BCUT2D eigenvalue weighted by Gasteiger charge is 2.21. The predicted octanol–water partition coefficient (Wildman–Crippen LogP) is 3.12. The lowest BCUT2D eigenvalue weighted by Gasteiger charge is -2.26. The smallest absolute Gasteiger partial charge is 0.270 e. The van der Waals surface area contributed by atoms with Crippen LogP contribution in [0.5, 0.6) is 11.5 Å². The molecule has 0 aliphatic rings. The number of amides is 1. The first-order chi connectivity index (χ1) is 11.1. The van der Waals surface area contributed by atoms with Gasteiger partial charge in [0.25, 0.3) is 5.91 Å². The Kier molecular flexibility index (Phi) is 5.71. The second kappa shape index (κ2) is 7.74. The average molecular weight is 313 g/mol. The summed E-state index contributed by atoms with van der Waals surface area (Å²) in [4.78, 5) is 16.3. The Labute approximate surface area is 136 Å². The van der Waals surface area contributed by atoms with E-state index in [-0.39, 0.29) is 11.4 Å². The lowest BCUT2D eigenvalue weighted by molar-refractivity contribution is 0.0937. The van der Waals surface area contributed by atoms with Crippen molar-refractivity contribution in [2.75, 3.05) is 6.54 Å². The Bertz CT molecular complexity index is 640. The van der Waals surface area contributed by atoms with Gasteiger partial charge >= 0.3 is 0 Å². The zero-order valence-electron chi connectivity index (χ0n) is 13.6. The van der Waals surface area contributed by atoms with Gasteiger partial charge in [0, 0.05) is 24.3 Å². The number of nitrogens with zero attached hydrogens (tertiary/aromatic N) is 1. The standard InChI is InChI=1S/C18H23N3O2/c1-3-18(19,4-2)13-21-17(22)16-12-15(10-11-20-16)23-14-8-6-5-7-9-14/h5-12H,3-4,13,19H2,1-2H3,(H,21,22). The molecule has 0 spiro atoms. The van der Waals surface area contributed by atoms with Gasteiger partial charge in [0.2, 0.25) is 0 Å². The van der Waals surface area contributed by atoms with Crippen LogP contribution >= 0.6 is 0 Å². The summed E-state index contributed by atoms with van der Waals surface area (Å²) in [6.45, 7) is 4.45. The second-order valence-electron chi connectivity index (χ2n) is 5.54. The second-order valence-corrected chi connectivity index (χ2v) is 5.54. The van der Waals surface area contributed by atoms with Gasteiger partial charge in [-0.2, -0.15) is 0 Å². The third-order valence-electron chi connectivity index (χ3n) is 3.95. The van der Waals surface area contributed by atoms with E-state index in [0.29, 0.717) is 23.7 Å². The summed E-state index contributed by atoms with van der Waals surface area (Å²) < 4.78 is 5.71. The molecular formula is C18H23N3O2. The van der Waals surface area contributed by atoms with Gasteiger partial charge in [-0.1, -0.05) is 32.0 Å². The Morgan fingerprint density at radius 2 is 1.87 bits per heavy atom. The van der Waals surface area contributed by atoms with E-state index in [4.69, 9.17) is 10.5 Å². The van der Waals surface area contributed by atoms with Crippen molar-refractivity contribution in [2.24, 2.45) is 5.73 Å². The number of ether oxygens (including phenoxy) is 1. The fourth-order valence-electron chi connectivity index (χ4n) is 2.07. The zero-order valence-corrected chi connectivity index (χ0v) is 13.6. The number of pyridine rings is 1. The van der Waals surface area contributed by atoms with E-state index in [1.807, 2.05) is 44.2 Å². The first-order valence-electron chi connectivity index (χ1n) is 7.82. The predicted molar refractivity (Wildman–Crippen MR) is 90.6 cm³/mol. The summed E-state index contributed by atoms with van der Waals surface area (Å²) in [6.07, 6.45) is 3.16. The minimum Gasteiger partial charge on any atom is -0.457 e. The van der Waals surface area contributed by atoms with E-state index in [0.717, 1.165) is 12.8 Å². The number of hydrogen-bond donors (Lipinski definition) is 2. The largest absolute Gasteiger partial charge is 0.457 e. The molecule has 0 radical (unpaired) electrons. The summed E-state index contributed by atoms with van der Waals surface area (Å²) >= 11 is 0. The van der Waals surface area contributed by atoms with E-state index in [1.54, 1.807) is 18.3 Å². The summed E-state index contributed by atoms with van der Waals surface area (Å²) in [5.74, 6) is 1.03. The topological polar surface area (TPSA) is 77.2 Å². The highest BCUT2D eigenvalue weighted by Crippen LogP contribution is 2.20. The van der Waals surface area contributed by atoms with Crippen LogP contribution in [0.3, 0.4) is 0 Å². The molecule has 5 heteroatoms. The SMILES string of the molecule is CCC(N)(CC)CNC(=O)c1cc(Oc2ccccc2)ccn1. The molecule has 2 rings (SSSR count). The van der Waals surface area contributed by atoms with Crippen LogP contribution in [0.1, 0.15) is 37.2 Å².